The molecule has 0 heterocycles. The SMILES string of the molecule is CNCc1cc(Br)c(C)c(S(=O)(=O)NC2CCC2)c1. The average molecular weight is 347 g/mol. The third-order valence-corrected chi connectivity index (χ3v) is 5.92. The molecular weight excluding hydrogens is 328 g/mol. The molecule has 0 saturated heterocycles. The molecule has 1 aliphatic carbocycles. The summed E-state index contributed by atoms with van der Waals surface area (Å²) < 4.78 is 28.4. The van der Waals surface area contributed by atoms with Crippen LogP contribution in [0, 0.1) is 6.92 Å². The van der Waals surface area contributed by atoms with Gasteiger partial charge in [0.1, 0.15) is 0 Å². The smallest absolute Gasteiger partial charge is 0.241 e. The summed E-state index contributed by atoms with van der Waals surface area (Å²) in [4.78, 5) is 0.374. The van der Waals surface area contributed by atoms with E-state index >= 15 is 0 Å². The van der Waals surface area contributed by atoms with Crippen molar-refractivity contribution >= 4 is 26.0 Å². The van der Waals surface area contributed by atoms with E-state index in [4.69, 9.17) is 0 Å². The first-order valence-electron chi connectivity index (χ1n) is 6.40. The molecule has 0 bridgehead atoms. The van der Waals surface area contributed by atoms with Gasteiger partial charge >= 0.3 is 0 Å². The van der Waals surface area contributed by atoms with Gasteiger partial charge in [-0.2, -0.15) is 0 Å². The maximum Gasteiger partial charge on any atom is 0.241 e. The van der Waals surface area contributed by atoms with E-state index in [0.717, 1.165) is 34.9 Å². The number of benzene rings is 1. The van der Waals surface area contributed by atoms with Gasteiger partial charge in [0.2, 0.25) is 10.0 Å². The molecule has 0 unspecified atom stereocenters. The summed E-state index contributed by atoms with van der Waals surface area (Å²) in [6, 6.07) is 3.81. The Labute approximate surface area is 123 Å². The molecule has 1 fully saturated rings. The van der Waals surface area contributed by atoms with Crippen LogP contribution in [0.2, 0.25) is 0 Å². The maximum atomic E-state index is 12.4. The Balaban J connectivity index is 2.36. The van der Waals surface area contributed by atoms with E-state index in [2.05, 4.69) is 26.0 Å². The van der Waals surface area contributed by atoms with Gasteiger partial charge in [-0.25, -0.2) is 13.1 Å². The van der Waals surface area contributed by atoms with E-state index in [1.54, 1.807) is 6.07 Å². The number of hydrogen-bond donors (Lipinski definition) is 2. The summed E-state index contributed by atoms with van der Waals surface area (Å²) >= 11 is 3.44. The lowest BCUT2D eigenvalue weighted by Gasteiger charge is -2.26. The summed E-state index contributed by atoms with van der Waals surface area (Å²) in [5.74, 6) is 0. The van der Waals surface area contributed by atoms with Crippen molar-refractivity contribution in [2.75, 3.05) is 7.05 Å². The van der Waals surface area contributed by atoms with E-state index in [9.17, 15) is 8.42 Å². The van der Waals surface area contributed by atoms with E-state index in [0.29, 0.717) is 11.4 Å². The standard InChI is InChI=1S/C13H19BrN2O2S/c1-9-12(14)6-10(8-15-2)7-13(9)19(17,18)16-11-4-3-5-11/h6-7,11,15-16H,3-5,8H2,1-2H3. The zero-order valence-electron chi connectivity index (χ0n) is 11.2. The highest BCUT2D eigenvalue weighted by Crippen LogP contribution is 2.27. The third kappa shape index (κ3) is 3.37. The lowest BCUT2D eigenvalue weighted by Crippen LogP contribution is -2.39. The lowest BCUT2D eigenvalue weighted by molar-refractivity contribution is 0.383. The lowest BCUT2D eigenvalue weighted by atomic mass is 9.94. The highest BCUT2D eigenvalue weighted by molar-refractivity contribution is 9.10. The zero-order chi connectivity index (χ0) is 14.0. The van der Waals surface area contributed by atoms with E-state index in [1.165, 1.54) is 0 Å². The Morgan fingerprint density at radius 1 is 1.37 bits per heavy atom. The number of hydrogen-bond acceptors (Lipinski definition) is 3. The summed E-state index contributed by atoms with van der Waals surface area (Å²) in [6.07, 6.45) is 2.99. The van der Waals surface area contributed by atoms with Crippen LogP contribution in [0.4, 0.5) is 0 Å². The van der Waals surface area contributed by atoms with Crippen LogP contribution in [0.25, 0.3) is 0 Å². The van der Waals surface area contributed by atoms with E-state index in [1.807, 2.05) is 20.0 Å². The molecule has 1 aromatic carbocycles. The quantitative estimate of drug-likeness (QED) is 0.859. The normalized spacial score (nSPS) is 16.4. The fraction of sp³-hybridized carbons (Fsp3) is 0.538. The molecule has 0 spiro atoms. The van der Waals surface area contributed by atoms with Crippen molar-refractivity contribution in [3.63, 3.8) is 0 Å². The minimum absolute atomic E-state index is 0.108. The first-order valence-corrected chi connectivity index (χ1v) is 8.67. The highest BCUT2D eigenvalue weighted by atomic mass is 79.9. The molecule has 2 N–H and O–H groups in total. The van der Waals surface area contributed by atoms with Crippen LogP contribution in [0.1, 0.15) is 30.4 Å². The van der Waals surface area contributed by atoms with Gasteiger partial charge in [0.05, 0.1) is 4.90 Å². The van der Waals surface area contributed by atoms with Crippen molar-refractivity contribution < 1.29 is 8.42 Å². The molecule has 2 rings (SSSR count). The van der Waals surface area contributed by atoms with Crippen LogP contribution in [-0.2, 0) is 16.6 Å². The average Bonchev–Trinajstić information content (AvgIpc) is 2.29. The molecule has 0 radical (unpaired) electrons. The van der Waals surface area contributed by atoms with Crippen molar-refractivity contribution in [2.45, 2.75) is 43.7 Å². The number of nitrogens with one attached hydrogen (secondary N) is 2. The fourth-order valence-corrected chi connectivity index (χ4v) is 4.36. The molecule has 0 amide bonds. The van der Waals surface area contributed by atoms with E-state index in [-0.39, 0.29) is 6.04 Å². The van der Waals surface area contributed by atoms with Gasteiger partial charge in [0.15, 0.2) is 0 Å². The second-order valence-corrected chi connectivity index (χ2v) is 7.52. The molecule has 19 heavy (non-hydrogen) atoms. The molecule has 0 aliphatic heterocycles. The predicted octanol–water partition coefficient (Wildman–Crippen LogP) is 2.31. The summed E-state index contributed by atoms with van der Waals surface area (Å²) in [5, 5.41) is 3.04. The third-order valence-electron chi connectivity index (χ3n) is 3.45. The van der Waals surface area contributed by atoms with Crippen LogP contribution >= 0.6 is 15.9 Å². The fourth-order valence-electron chi connectivity index (χ4n) is 2.10. The van der Waals surface area contributed by atoms with Crippen molar-refractivity contribution in [1.29, 1.82) is 0 Å². The molecule has 1 saturated carbocycles. The Morgan fingerprint density at radius 3 is 2.58 bits per heavy atom. The van der Waals surface area contributed by atoms with Gasteiger partial charge in [-0.15, -0.1) is 0 Å². The summed E-state index contributed by atoms with van der Waals surface area (Å²) in [5.41, 5.74) is 1.71. The topological polar surface area (TPSA) is 58.2 Å². The number of rotatable bonds is 5. The first-order chi connectivity index (χ1) is 8.94. The summed E-state index contributed by atoms with van der Waals surface area (Å²) in [7, 11) is -1.58. The Morgan fingerprint density at radius 2 is 2.05 bits per heavy atom. The van der Waals surface area contributed by atoms with Gasteiger partial charge in [0.25, 0.3) is 0 Å². The predicted molar refractivity (Wildman–Crippen MR) is 79.6 cm³/mol. The van der Waals surface area contributed by atoms with Crippen LogP contribution < -0.4 is 10.0 Å². The Bertz CT molecular complexity index is 568. The maximum absolute atomic E-state index is 12.4. The van der Waals surface area contributed by atoms with Crippen LogP contribution in [0.15, 0.2) is 21.5 Å². The largest absolute Gasteiger partial charge is 0.316 e. The number of halogens is 1. The van der Waals surface area contributed by atoms with Crippen molar-refractivity contribution in [2.24, 2.45) is 0 Å². The second-order valence-electron chi connectivity index (χ2n) is 4.98. The van der Waals surface area contributed by atoms with Crippen LogP contribution in [0.3, 0.4) is 0 Å². The molecule has 1 aromatic rings. The van der Waals surface area contributed by atoms with Gasteiger partial charge in [0, 0.05) is 17.1 Å². The molecule has 0 atom stereocenters. The minimum Gasteiger partial charge on any atom is -0.316 e. The highest BCUT2D eigenvalue weighted by Gasteiger charge is 2.26. The first kappa shape index (κ1) is 15.0. The van der Waals surface area contributed by atoms with Gasteiger partial charge in [-0.3, -0.25) is 0 Å². The van der Waals surface area contributed by atoms with Crippen molar-refractivity contribution in [1.82, 2.24) is 10.0 Å². The monoisotopic (exact) mass is 346 g/mol. The van der Waals surface area contributed by atoms with Gasteiger partial charge in [-0.05, 0) is 50.1 Å². The molecular formula is C13H19BrN2O2S. The van der Waals surface area contributed by atoms with Crippen molar-refractivity contribution in [3.8, 4) is 0 Å². The zero-order valence-corrected chi connectivity index (χ0v) is 13.6. The minimum atomic E-state index is -3.42. The molecule has 106 valence electrons. The second kappa shape index (κ2) is 5.91. The Kier molecular flexibility index (Phi) is 4.66. The van der Waals surface area contributed by atoms with Gasteiger partial charge < -0.3 is 5.32 Å². The molecule has 4 nitrogen and oxygen atoms in total. The molecule has 1 aliphatic rings. The van der Waals surface area contributed by atoms with E-state index < -0.39 is 10.0 Å². The summed E-state index contributed by atoms with van der Waals surface area (Å²) in [6.45, 7) is 2.47. The van der Waals surface area contributed by atoms with Crippen LogP contribution in [0.5, 0.6) is 0 Å². The number of sulfonamides is 1. The molecule has 6 heteroatoms. The van der Waals surface area contributed by atoms with Gasteiger partial charge in [-0.1, -0.05) is 22.4 Å². The molecule has 0 aromatic heterocycles. The van der Waals surface area contributed by atoms with Crippen molar-refractivity contribution in [3.05, 3.63) is 27.7 Å². The Hall–Kier alpha value is -0.430. The van der Waals surface area contributed by atoms with Crippen LogP contribution in [-0.4, -0.2) is 21.5 Å².